The Labute approximate surface area is 247 Å². The third kappa shape index (κ3) is 5.87. The molecule has 0 radical (unpaired) electrons. The lowest BCUT2D eigenvalue weighted by Gasteiger charge is -2.56. The smallest absolute Gasteiger partial charge is 0.416 e. The van der Waals surface area contributed by atoms with Crippen LogP contribution in [0.25, 0.3) is 22.2 Å². The van der Waals surface area contributed by atoms with Crippen LogP contribution in [0.15, 0.2) is 67.0 Å². The zero-order chi connectivity index (χ0) is 30.2. The number of carbonyl (C=O) groups is 1. The molecule has 1 unspecified atom stereocenters. The zero-order valence-electron chi connectivity index (χ0n) is 23.7. The molecule has 4 aromatic rings. The first-order valence-electron chi connectivity index (χ1n) is 14.1. The molecule has 0 aliphatic carbocycles. The van der Waals surface area contributed by atoms with Crippen LogP contribution >= 0.6 is 0 Å². The average Bonchev–Trinajstić information content (AvgIpc) is 2.94. The van der Waals surface area contributed by atoms with Gasteiger partial charge in [-0.1, -0.05) is 36.4 Å². The lowest BCUT2D eigenvalue weighted by Crippen LogP contribution is -2.71. The van der Waals surface area contributed by atoms with Gasteiger partial charge in [0.05, 0.1) is 36.4 Å². The van der Waals surface area contributed by atoms with Gasteiger partial charge >= 0.3 is 6.18 Å². The van der Waals surface area contributed by atoms with E-state index in [0.29, 0.717) is 45.9 Å². The third-order valence-electron chi connectivity index (χ3n) is 8.29. The van der Waals surface area contributed by atoms with Crippen molar-refractivity contribution in [3.05, 3.63) is 83.7 Å². The van der Waals surface area contributed by atoms with Gasteiger partial charge in [-0.3, -0.25) is 4.79 Å². The summed E-state index contributed by atoms with van der Waals surface area (Å²) in [5.41, 5.74) is 8.43. The van der Waals surface area contributed by atoms with Gasteiger partial charge in [0.2, 0.25) is 5.91 Å². The van der Waals surface area contributed by atoms with Crippen LogP contribution in [0.1, 0.15) is 29.0 Å². The number of halogens is 3. The van der Waals surface area contributed by atoms with Crippen LogP contribution in [0.5, 0.6) is 11.5 Å². The quantitative estimate of drug-likeness (QED) is 0.260. The number of nitrogens with zero attached hydrogens (tertiary/aromatic N) is 3. The number of benzene rings is 3. The normalized spacial score (nSPS) is 16.8. The summed E-state index contributed by atoms with van der Waals surface area (Å²) in [6.07, 6.45) is -2.11. The van der Waals surface area contributed by atoms with E-state index in [1.54, 1.807) is 31.4 Å². The fourth-order valence-corrected chi connectivity index (χ4v) is 6.02. The second-order valence-electron chi connectivity index (χ2n) is 11.3. The van der Waals surface area contributed by atoms with Gasteiger partial charge in [0, 0.05) is 55.2 Å². The zero-order valence-corrected chi connectivity index (χ0v) is 23.7. The average molecular weight is 592 g/mol. The molecule has 0 saturated carbocycles. The number of fused-ring (bicyclic) bond motifs is 1. The summed E-state index contributed by atoms with van der Waals surface area (Å²) in [4.78, 5) is 23.8. The van der Waals surface area contributed by atoms with Gasteiger partial charge in [0.15, 0.2) is 11.5 Å². The van der Waals surface area contributed by atoms with Gasteiger partial charge in [-0.2, -0.15) is 13.2 Å². The molecule has 2 fully saturated rings. The van der Waals surface area contributed by atoms with Crippen LogP contribution in [-0.4, -0.2) is 67.2 Å². The molecule has 2 saturated heterocycles. The van der Waals surface area contributed by atoms with E-state index in [9.17, 15) is 18.0 Å². The van der Waals surface area contributed by atoms with Crippen LogP contribution in [0.4, 0.5) is 13.2 Å². The van der Waals surface area contributed by atoms with Gasteiger partial charge in [-0.15, -0.1) is 0 Å². The van der Waals surface area contributed by atoms with E-state index in [-0.39, 0.29) is 0 Å². The number of rotatable bonds is 10. The Morgan fingerprint density at radius 2 is 1.70 bits per heavy atom. The molecule has 224 valence electrons. The van der Waals surface area contributed by atoms with Crippen molar-refractivity contribution in [2.24, 2.45) is 11.1 Å². The molecule has 2 aliphatic rings. The summed E-state index contributed by atoms with van der Waals surface area (Å²) in [6.45, 7) is 6.04. The molecule has 3 N–H and O–H groups in total. The number of likely N-dealkylation sites (tertiary alicyclic amines) is 1. The highest BCUT2D eigenvalue weighted by Gasteiger charge is 2.46. The van der Waals surface area contributed by atoms with Gasteiger partial charge in [-0.25, -0.2) is 9.97 Å². The number of hydrogen-bond acceptors (Lipinski definition) is 7. The van der Waals surface area contributed by atoms with Crippen LogP contribution in [0.2, 0.25) is 0 Å². The summed E-state index contributed by atoms with van der Waals surface area (Å²) in [7, 11) is 1.59. The molecule has 8 nitrogen and oxygen atoms in total. The maximum absolute atomic E-state index is 13.0. The molecule has 43 heavy (non-hydrogen) atoms. The number of hydrogen-bond donors (Lipinski definition) is 2. The topological polar surface area (TPSA) is 103 Å². The number of nitrogens with two attached hydrogens (primary N) is 1. The second-order valence-corrected chi connectivity index (χ2v) is 11.3. The van der Waals surface area contributed by atoms with Gasteiger partial charge < -0.3 is 25.4 Å². The molecule has 3 aromatic carbocycles. The Bertz CT molecular complexity index is 1610. The third-order valence-corrected chi connectivity index (χ3v) is 8.29. The van der Waals surface area contributed by atoms with E-state index in [2.05, 4.69) is 20.2 Å². The maximum atomic E-state index is 13.0. The fraction of sp³-hybridized carbons (Fsp3) is 0.344. The monoisotopic (exact) mass is 591 g/mol. The fourth-order valence-electron chi connectivity index (χ4n) is 6.02. The van der Waals surface area contributed by atoms with Crippen molar-refractivity contribution < 1.29 is 27.4 Å². The lowest BCUT2D eigenvalue weighted by molar-refractivity contribution is -0.137. The van der Waals surface area contributed by atoms with E-state index in [0.717, 1.165) is 62.2 Å². The first kappa shape index (κ1) is 28.9. The minimum Gasteiger partial charge on any atom is -0.493 e. The Balaban J connectivity index is 1.20. The number of primary amides is 1. The van der Waals surface area contributed by atoms with Gasteiger partial charge in [-0.05, 0) is 35.7 Å². The molecular weight excluding hydrogens is 559 g/mol. The number of aromatic nitrogens is 2. The molecule has 1 amide bonds. The summed E-state index contributed by atoms with van der Waals surface area (Å²) in [5, 5.41) is 4.12. The van der Waals surface area contributed by atoms with E-state index >= 15 is 0 Å². The minimum absolute atomic E-state index is 0.378. The molecule has 11 heteroatoms. The number of nitrogens with one attached hydrogen (secondary N) is 1. The lowest BCUT2D eigenvalue weighted by atomic mass is 9.74. The summed E-state index contributed by atoms with van der Waals surface area (Å²) < 4.78 is 50.8. The van der Waals surface area contributed by atoms with E-state index in [4.69, 9.17) is 15.2 Å². The highest BCUT2D eigenvalue weighted by Crippen LogP contribution is 2.37. The molecule has 2 aliphatic heterocycles. The van der Waals surface area contributed by atoms with Crippen LogP contribution < -0.4 is 20.5 Å². The van der Waals surface area contributed by atoms with Crippen LogP contribution in [-0.2, 0) is 11.0 Å². The Kier molecular flexibility index (Phi) is 7.70. The predicted molar refractivity (Wildman–Crippen MR) is 156 cm³/mol. The van der Waals surface area contributed by atoms with Crippen molar-refractivity contribution in [3.63, 3.8) is 0 Å². The molecule has 6 rings (SSSR count). The maximum Gasteiger partial charge on any atom is 0.416 e. The largest absolute Gasteiger partial charge is 0.493 e. The van der Waals surface area contributed by atoms with Gasteiger partial charge in [0.25, 0.3) is 0 Å². The minimum atomic E-state index is -4.47. The van der Waals surface area contributed by atoms with E-state index in [1.807, 2.05) is 12.1 Å². The summed E-state index contributed by atoms with van der Waals surface area (Å²) in [5.74, 6) is -0.392. The number of methoxy groups -OCH3 is 1. The van der Waals surface area contributed by atoms with Crippen molar-refractivity contribution in [2.75, 3.05) is 46.4 Å². The van der Waals surface area contributed by atoms with Crippen LogP contribution in [0, 0.1) is 5.41 Å². The Morgan fingerprint density at radius 1 is 1.02 bits per heavy atom. The first-order valence-corrected chi connectivity index (χ1v) is 14.1. The number of alkyl halides is 3. The van der Waals surface area contributed by atoms with Crippen LogP contribution in [0.3, 0.4) is 0 Å². The highest BCUT2D eigenvalue weighted by molar-refractivity contribution is 5.94. The van der Waals surface area contributed by atoms with Crippen molar-refractivity contribution >= 4 is 16.8 Å². The van der Waals surface area contributed by atoms with Crippen molar-refractivity contribution in [1.29, 1.82) is 0 Å². The number of ether oxygens (including phenoxy) is 2. The van der Waals surface area contributed by atoms with Crippen molar-refractivity contribution in [1.82, 2.24) is 20.2 Å². The number of carbonyl (C=O) groups excluding carboxylic acids is 1. The standard InChI is InChI=1S/C32H32F3N5O3/c1-42-26-14-25-24(13-27(26)43-12-2-11-40-17-31(18-40)15-37-16-31)29(39-19-38-25)22-5-3-20(4-6-22)28(30(36)41)21-7-9-23(10-8-21)32(33,34)35/h3-10,13-14,19,28,37H,2,11-12,15-18H2,1H3,(H2,36,41). The van der Waals surface area contributed by atoms with E-state index in [1.165, 1.54) is 18.5 Å². The molecule has 1 spiro atoms. The molecule has 0 bridgehead atoms. The predicted octanol–water partition coefficient (Wildman–Crippen LogP) is 4.62. The van der Waals surface area contributed by atoms with E-state index < -0.39 is 23.6 Å². The Hall–Kier alpha value is -4.22. The summed E-state index contributed by atoms with van der Waals surface area (Å²) >= 11 is 0. The molecule has 1 aromatic heterocycles. The molecular formula is C32H32F3N5O3. The number of amides is 1. The molecule has 3 heterocycles. The highest BCUT2D eigenvalue weighted by atomic mass is 19.4. The van der Waals surface area contributed by atoms with Crippen molar-refractivity contribution in [2.45, 2.75) is 18.5 Å². The van der Waals surface area contributed by atoms with Gasteiger partial charge in [0.1, 0.15) is 6.33 Å². The molecule has 1 atom stereocenters. The summed E-state index contributed by atoms with van der Waals surface area (Å²) in [6, 6.07) is 15.2. The second kappa shape index (κ2) is 11.5. The SMILES string of the molecule is COc1cc2ncnc(-c3ccc(C(C(N)=O)c4ccc(C(F)(F)F)cc4)cc3)c2cc1OCCCN1CC2(CNC2)C1. The Morgan fingerprint density at radius 3 is 2.28 bits per heavy atom. The van der Waals surface area contributed by atoms with Crippen molar-refractivity contribution in [3.8, 4) is 22.8 Å². The first-order chi connectivity index (χ1) is 20.7.